The molecule has 1 amide bonds. The fraction of sp³-hybridized carbons (Fsp3) is 0.500. The Kier molecular flexibility index (Phi) is 12.5. The van der Waals surface area contributed by atoms with Crippen molar-refractivity contribution >= 4 is 28.5 Å². The van der Waals surface area contributed by atoms with E-state index in [1.54, 1.807) is 24.3 Å². The highest BCUT2D eigenvalue weighted by Gasteiger charge is 2.11. The second-order valence-corrected chi connectivity index (χ2v) is 10.5. The van der Waals surface area contributed by atoms with Gasteiger partial charge in [-0.3, -0.25) is 19.0 Å². The zero-order valence-electron chi connectivity index (χ0n) is 22.6. The first-order valence-electron chi connectivity index (χ1n) is 13.5. The smallest absolute Gasteiger partial charge is 0.259 e. The van der Waals surface area contributed by atoms with E-state index in [2.05, 4.69) is 61.5 Å². The number of amides is 1. The number of benzene rings is 1. The van der Waals surface area contributed by atoms with Gasteiger partial charge in [0.2, 0.25) is 5.91 Å². The molecule has 0 bridgehead atoms. The Labute approximate surface area is 229 Å². The summed E-state index contributed by atoms with van der Waals surface area (Å²) in [5, 5.41) is 2.87. The Morgan fingerprint density at radius 1 is 0.895 bits per heavy atom. The first-order valence-corrected chi connectivity index (χ1v) is 14.6. The van der Waals surface area contributed by atoms with Crippen molar-refractivity contribution in [2.45, 2.75) is 70.9 Å². The summed E-state index contributed by atoms with van der Waals surface area (Å²) in [5.74, 6) is 1.10. The molecule has 2 aromatic heterocycles. The molecule has 3 rings (SSSR count). The molecule has 208 valence electrons. The molecule has 0 saturated heterocycles. The van der Waals surface area contributed by atoms with Gasteiger partial charge in [-0.1, -0.05) is 38.5 Å². The summed E-state index contributed by atoms with van der Waals surface area (Å²) in [6.45, 7) is 2.85. The van der Waals surface area contributed by atoms with Gasteiger partial charge in [0.25, 0.3) is 11.3 Å². The Hall–Kier alpha value is -2.95. The van der Waals surface area contributed by atoms with Crippen molar-refractivity contribution in [2.24, 2.45) is 14.1 Å². The number of nitrogens with one attached hydrogen (secondary N) is 2. The van der Waals surface area contributed by atoms with Crippen molar-refractivity contribution in [2.75, 3.05) is 16.6 Å². The van der Waals surface area contributed by atoms with Gasteiger partial charge in [-0.2, -0.15) is 0 Å². The van der Waals surface area contributed by atoms with Crippen molar-refractivity contribution in [1.29, 1.82) is 0 Å². The summed E-state index contributed by atoms with van der Waals surface area (Å²) in [7, 11) is 4.15. The van der Waals surface area contributed by atoms with Crippen LogP contribution in [0.1, 0.15) is 69.3 Å². The van der Waals surface area contributed by atoms with Crippen molar-refractivity contribution in [1.82, 2.24) is 19.0 Å². The van der Waals surface area contributed by atoms with Crippen LogP contribution in [0.15, 0.2) is 55.0 Å². The topological polar surface area (TPSA) is 104 Å². The van der Waals surface area contributed by atoms with Crippen LogP contribution >= 0.6 is 0 Å². The van der Waals surface area contributed by atoms with E-state index in [9.17, 15) is 9.00 Å². The molecule has 0 aliphatic carbocycles. The lowest BCUT2D eigenvalue weighted by Gasteiger charge is -2.22. The van der Waals surface area contributed by atoms with Gasteiger partial charge in [0.1, 0.15) is 5.82 Å². The minimum Gasteiger partial charge on any atom is -0.353 e. The van der Waals surface area contributed by atoms with Crippen LogP contribution in [-0.4, -0.2) is 40.2 Å². The van der Waals surface area contributed by atoms with Gasteiger partial charge in [0, 0.05) is 62.7 Å². The SMILES string of the molecule is Cn1cccc1CN(CCCCCCCCCCC(=O)Nc1ccc(NS(=O)O)cc1)Cc1nccn1C. The number of carbonyl (C=O) groups is 1. The first-order chi connectivity index (χ1) is 18.4. The number of imidazole rings is 1. The van der Waals surface area contributed by atoms with Crippen LogP contribution in [-0.2, 0) is 43.2 Å². The van der Waals surface area contributed by atoms with Gasteiger partial charge in [-0.25, -0.2) is 9.19 Å². The summed E-state index contributed by atoms with van der Waals surface area (Å²) in [5.41, 5.74) is 2.53. The minimum atomic E-state index is -2.10. The Morgan fingerprint density at radius 2 is 1.55 bits per heavy atom. The van der Waals surface area contributed by atoms with Gasteiger partial charge in [-0.15, -0.1) is 0 Å². The maximum atomic E-state index is 12.1. The molecule has 38 heavy (non-hydrogen) atoms. The molecular weight excluding hydrogens is 500 g/mol. The van der Waals surface area contributed by atoms with E-state index >= 15 is 0 Å². The van der Waals surface area contributed by atoms with E-state index < -0.39 is 11.3 Å². The van der Waals surface area contributed by atoms with Crippen LogP contribution in [0.3, 0.4) is 0 Å². The number of hydrogen-bond donors (Lipinski definition) is 3. The van der Waals surface area contributed by atoms with Gasteiger partial charge >= 0.3 is 0 Å². The predicted octanol–water partition coefficient (Wildman–Crippen LogP) is 5.46. The summed E-state index contributed by atoms with van der Waals surface area (Å²) in [4.78, 5) is 19.2. The van der Waals surface area contributed by atoms with Crippen LogP contribution < -0.4 is 10.0 Å². The third kappa shape index (κ3) is 10.8. The summed E-state index contributed by atoms with van der Waals surface area (Å²) >= 11 is -2.10. The Morgan fingerprint density at radius 3 is 2.16 bits per heavy atom. The Balaban J connectivity index is 1.23. The van der Waals surface area contributed by atoms with Crippen LogP contribution in [0.4, 0.5) is 11.4 Å². The molecule has 1 unspecified atom stereocenters. The third-order valence-corrected chi connectivity index (χ3v) is 7.14. The molecule has 0 aliphatic rings. The largest absolute Gasteiger partial charge is 0.353 e. The van der Waals surface area contributed by atoms with Gasteiger partial charge in [-0.05, 0) is 55.8 Å². The van der Waals surface area contributed by atoms with Crippen LogP contribution in [0.25, 0.3) is 0 Å². The number of hydrogen-bond acceptors (Lipinski definition) is 4. The van der Waals surface area contributed by atoms with Crippen molar-refractivity contribution in [3.8, 4) is 0 Å². The van der Waals surface area contributed by atoms with E-state index in [4.69, 9.17) is 4.55 Å². The molecule has 2 heterocycles. The van der Waals surface area contributed by atoms with Crippen molar-refractivity contribution < 1.29 is 13.6 Å². The molecule has 3 N–H and O–H groups in total. The van der Waals surface area contributed by atoms with Gasteiger partial charge in [0.05, 0.1) is 6.54 Å². The summed E-state index contributed by atoms with van der Waals surface area (Å²) < 4.78 is 26.3. The summed E-state index contributed by atoms with van der Waals surface area (Å²) in [6, 6.07) is 11.0. The number of aromatic nitrogens is 3. The molecule has 0 fully saturated rings. The zero-order chi connectivity index (χ0) is 27.2. The molecule has 0 spiro atoms. The maximum absolute atomic E-state index is 12.1. The molecule has 3 aromatic rings. The number of nitrogens with zero attached hydrogens (tertiary/aromatic N) is 4. The average Bonchev–Trinajstić information content (AvgIpc) is 3.48. The highest BCUT2D eigenvalue weighted by atomic mass is 32.2. The molecule has 0 saturated carbocycles. The lowest BCUT2D eigenvalue weighted by Crippen LogP contribution is -2.26. The molecule has 9 nitrogen and oxygen atoms in total. The van der Waals surface area contributed by atoms with Crippen molar-refractivity contribution in [3.05, 3.63) is 66.5 Å². The second kappa shape index (κ2) is 16.1. The molecular formula is C28H42N6O3S. The van der Waals surface area contributed by atoms with Crippen LogP contribution in [0, 0.1) is 0 Å². The summed E-state index contributed by atoms with van der Waals surface area (Å²) in [6.07, 6.45) is 15.7. The fourth-order valence-electron chi connectivity index (χ4n) is 4.48. The number of rotatable bonds is 18. The number of unbranched alkanes of at least 4 members (excludes halogenated alkanes) is 7. The lowest BCUT2D eigenvalue weighted by atomic mass is 10.1. The number of aryl methyl sites for hydroxylation is 2. The number of carbonyl (C=O) groups excluding carboxylic acids is 1. The van der Waals surface area contributed by atoms with Crippen molar-refractivity contribution in [3.63, 3.8) is 0 Å². The average molecular weight is 543 g/mol. The van der Waals surface area contributed by atoms with E-state index in [1.165, 1.54) is 37.8 Å². The van der Waals surface area contributed by atoms with E-state index in [-0.39, 0.29) is 5.91 Å². The standard InChI is InChI=1S/C28H42N6O3S/c1-32-19-11-12-26(32)22-34(23-27-29-18-21-33(27)2)20-10-8-6-4-3-5-7-9-13-28(35)30-24-14-16-25(17-15-24)31-38(36)37/h11-12,14-19,21,31H,3-10,13,20,22-23H2,1-2H3,(H,30,35)(H,36,37). The number of anilines is 2. The van der Waals surface area contributed by atoms with Crippen LogP contribution in [0.5, 0.6) is 0 Å². The molecule has 0 radical (unpaired) electrons. The predicted molar refractivity (Wildman–Crippen MR) is 154 cm³/mol. The Bertz CT molecular complexity index is 1090. The van der Waals surface area contributed by atoms with E-state index in [0.717, 1.165) is 44.7 Å². The van der Waals surface area contributed by atoms with Gasteiger partial charge < -0.3 is 14.5 Å². The normalized spacial score (nSPS) is 12.1. The first kappa shape index (κ1) is 29.6. The molecule has 10 heteroatoms. The lowest BCUT2D eigenvalue weighted by molar-refractivity contribution is -0.116. The van der Waals surface area contributed by atoms with Gasteiger partial charge in [0.15, 0.2) is 0 Å². The third-order valence-electron chi connectivity index (χ3n) is 6.72. The quantitative estimate of drug-likeness (QED) is 0.146. The monoisotopic (exact) mass is 542 g/mol. The van der Waals surface area contributed by atoms with E-state index in [0.29, 0.717) is 17.8 Å². The molecule has 1 atom stereocenters. The minimum absolute atomic E-state index is 0.00174. The second-order valence-electron chi connectivity index (χ2n) is 9.83. The maximum Gasteiger partial charge on any atom is 0.259 e. The van der Waals surface area contributed by atoms with E-state index in [1.807, 2.05) is 12.4 Å². The molecule has 0 aliphatic heterocycles. The highest BCUT2D eigenvalue weighted by molar-refractivity contribution is 7.80. The fourth-order valence-corrected chi connectivity index (χ4v) is 4.82. The molecule has 1 aromatic carbocycles. The van der Waals surface area contributed by atoms with Crippen LogP contribution in [0.2, 0.25) is 0 Å². The highest BCUT2D eigenvalue weighted by Crippen LogP contribution is 2.16. The zero-order valence-corrected chi connectivity index (χ0v) is 23.5.